The highest BCUT2D eigenvalue weighted by atomic mass is 16.3. The van der Waals surface area contributed by atoms with Crippen LogP contribution in [0, 0.1) is 5.92 Å². The topological polar surface area (TPSA) is 81.8 Å². The molecular weight excluding hydrogens is 332 g/mol. The number of nitrogens with zero attached hydrogens (tertiary/aromatic N) is 3. The highest BCUT2D eigenvalue weighted by Gasteiger charge is 2.21. The number of amides is 1. The molecule has 26 heavy (non-hydrogen) atoms. The Morgan fingerprint density at radius 3 is 2.65 bits per heavy atom. The van der Waals surface area contributed by atoms with E-state index in [9.17, 15) is 9.90 Å². The van der Waals surface area contributed by atoms with E-state index < -0.39 is 0 Å². The smallest absolute Gasteiger partial charge is 0.273 e. The summed E-state index contributed by atoms with van der Waals surface area (Å²) in [5, 5.41) is 12.5. The van der Waals surface area contributed by atoms with Crippen LogP contribution >= 0.6 is 0 Å². The molecule has 146 valence electrons. The summed E-state index contributed by atoms with van der Waals surface area (Å²) in [5.41, 5.74) is 0.378. The van der Waals surface area contributed by atoms with Crippen molar-refractivity contribution in [2.24, 2.45) is 5.92 Å². The summed E-state index contributed by atoms with van der Waals surface area (Å²) in [6, 6.07) is 0. The van der Waals surface area contributed by atoms with Crippen molar-refractivity contribution >= 4 is 5.91 Å². The lowest BCUT2D eigenvalue weighted by Gasteiger charge is -2.34. The molecule has 1 aromatic heterocycles. The summed E-state index contributed by atoms with van der Waals surface area (Å²) in [6.45, 7) is 7.60. The molecule has 1 aliphatic carbocycles. The molecule has 2 N–H and O–H groups in total. The second-order valence-corrected chi connectivity index (χ2v) is 7.77. The Balaban J connectivity index is 1.41. The van der Waals surface area contributed by atoms with Crippen LogP contribution in [0.4, 0.5) is 0 Å². The Hall–Kier alpha value is -1.44. The normalized spacial score (nSPS) is 21.6. The maximum absolute atomic E-state index is 12.3. The fourth-order valence-electron chi connectivity index (χ4n) is 3.90. The number of hydrogen-bond acceptors (Lipinski definition) is 6. The van der Waals surface area contributed by atoms with Crippen molar-refractivity contribution in [2.75, 3.05) is 39.3 Å². The van der Waals surface area contributed by atoms with Gasteiger partial charge in [-0.25, -0.2) is 4.98 Å². The fraction of sp³-hybridized carbons (Fsp3) is 0.789. The minimum Gasteiger partial charge on any atom is -0.447 e. The number of oxazole rings is 1. The van der Waals surface area contributed by atoms with Crippen molar-refractivity contribution < 1.29 is 14.3 Å². The van der Waals surface area contributed by atoms with E-state index in [2.05, 4.69) is 20.1 Å². The number of β-amino-alcohol motifs (C(OH)–C–C–N with tert-alkyl or cyclic N) is 1. The highest BCUT2D eigenvalue weighted by molar-refractivity contribution is 5.91. The van der Waals surface area contributed by atoms with E-state index >= 15 is 0 Å². The average molecular weight is 364 g/mol. The summed E-state index contributed by atoms with van der Waals surface area (Å²) in [4.78, 5) is 21.2. The van der Waals surface area contributed by atoms with Gasteiger partial charge in [0.1, 0.15) is 6.26 Å². The highest BCUT2D eigenvalue weighted by Crippen LogP contribution is 2.22. The number of rotatable bonds is 7. The van der Waals surface area contributed by atoms with Crippen LogP contribution in [0.2, 0.25) is 0 Å². The van der Waals surface area contributed by atoms with Crippen molar-refractivity contribution in [2.45, 2.75) is 51.7 Å². The second kappa shape index (κ2) is 9.48. The van der Waals surface area contributed by atoms with Crippen LogP contribution in [-0.2, 0) is 6.54 Å². The van der Waals surface area contributed by atoms with Crippen molar-refractivity contribution in [3.63, 3.8) is 0 Å². The maximum Gasteiger partial charge on any atom is 0.273 e. The molecule has 0 radical (unpaired) electrons. The number of piperazine rings is 1. The average Bonchev–Trinajstić information content (AvgIpc) is 3.10. The van der Waals surface area contributed by atoms with E-state index in [1.54, 1.807) is 0 Å². The molecule has 0 aromatic carbocycles. The molecular formula is C19H32N4O3. The van der Waals surface area contributed by atoms with Crippen LogP contribution in [0.1, 0.15) is 55.4 Å². The van der Waals surface area contributed by atoms with E-state index in [0.29, 0.717) is 24.0 Å². The Morgan fingerprint density at radius 2 is 1.96 bits per heavy atom. The van der Waals surface area contributed by atoms with Gasteiger partial charge in [-0.15, -0.1) is 0 Å². The molecule has 1 amide bonds. The van der Waals surface area contributed by atoms with E-state index in [-0.39, 0.29) is 12.0 Å². The molecule has 2 fully saturated rings. The molecule has 1 atom stereocenters. The first-order valence-electron chi connectivity index (χ1n) is 9.95. The molecule has 7 heteroatoms. The Labute approximate surface area is 155 Å². The zero-order chi connectivity index (χ0) is 18.4. The number of carbonyl (C=O) groups excluding carboxylic acids is 1. The van der Waals surface area contributed by atoms with Crippen LogP contribution in [0.25, 0.3) is 0 Å². The number of aliphatic hydroxyl groups is 1. The van der Waals surface area contributed by atoms with E-state index in [1.807, 2.05) is 6.92 Å². The third-order valence-corrected chi connectivity index (χ3v) is 5.41. The Kier molecular flexibility index (Phi) is 7.05. The molecule has 0 spiro atoms. The lowest BCUT2D eigenvalue weighted by Crippen LogP contribution is -2.47. The maximum atomic E-state index is 12.3. The van der Waals surface area contributed by atoms with Crippen molar-refractivity contribution in [3.05, 3.63) is 17.8 Å². The zero-order valence-corrected chi connectivity index (χ0v) is 15.8. The molecule has 1 saturated heterocycles. The van der Waals surface area contributed by atoms with E-state index in [4.69, 9.17) is 4.42 Å². The molecule has 0 bridgehead atoms. The predicted octanol–water partition coefficient (Wildman–Crippen LogP) is 1.48. The minimum atomic E-state index is -0.289. The van der Waals surface area contributed by atoms with Gasteiger partial charge >= 0.3 is 0 Å². The molecule has 2 heterocycles. The lowest BCUT2D eigenvalue weighted by molar-refractivity contribution is 0.0747. The minimum absolute atomic E-state index is 0.132. The summed E-state index contributed by atoms with van der Waals surface area (Å²) in [5.74, 6) is 1.07. The third kappa shape index (κ3) is 5.79. The molecule has 2 aliphatic rings. The number of hydrogen-bond donors (Lipinski definition) is 2. The van der Waals surface area contributed by atoms with E-state index in [1.165, 1.54) is 38.4 Å². The van der Waals surface area contributed by atoms with Crippen LogP contribution in [0.5, 0.6) is 0 Å². The van der Waals surface area contributed by atoms with Gasteiger partial charge in [0.15, 0.2) is 5.69 Å². The van der Waals surface area contributed by atoms with Crippen LogP contribution in [-0.4, -0.2) is 71.2 Å². The first kappa shape index (κ1) is 19.3. The summed E-state index contributed by atoms with van der Waals surface area (Å²) in [6.07, 6.45) is 7.48. The summed E-state index contributed by atoms with van der Waals surface area (Å²) in [7, 11) is 0. The van der Waals surface area contributed by atoms with Gasteiger partial charge in [-0.2, -0.15) is 0 Å². The molecule has 1 unspecified atom stereocenters. The SMILES string of the molecule is CC(O)CN1CCN(Cc2nc(C(=O)NCC3CCCCC3)co2)CC1. The first-order valence-corrected chi connectivity index (χ1v) is 9.95. The van der Waals surface area contributed by atoms with Gasteiger partial charge in [0.2, 0.25) is 5.89 Å². The fourth-order valence-corrected chi connectivity index (χ4v) is 3.90. The van der Waals surface area contributed by atoms with Crippen molar-refractivity contribution in [1.82, 2.24) is 20.1 Å². The number of nitrogens with one attached hydrogen (secondary N) is 1. The van der Waals surface area contributed by atoms with Crippen LogP contribution in [0.3, 0.4) is 0 Å². The Bertz CT molecular complexity index is 561. The van der Waals surface area contributed by atoms with Gasteiger partial charge in [0, 0.05) is 39.3 Å². The van der Waals surface area contributed by atoms with Gasteiger partial charge < -0.3 is 14.8 Å². The van der Waals surface area contributed by atoms with E-state index in [0.717, 1.165) is 39.3 Å². The van der Waals surface area contributed by atoms with Gasteiger partial charge in [-0.3, -0.25) is 14.6 Å². The standard InChI is InChI=1S/C19H32N4O3/c1-15(24)12-22-7-9-23(10-8-22)13-18-21-17(14-26-18)19(25)20-11-16-5-3-2-4-6-16/h14-16,24H,2-13H2,1H3,(H,20,25). The van der Waals surface area contributed by atoms with Crippen molar-refractivity contribution in [3.8, 4) is 0 Å². The van der Waals surface area contributed by atoms with Crippen LogP contribution in [0.15, 0.2) is 10.7 Å². The van der Waals surface area contributed by atoms with Crippen molar-refractivity contribution in [1.29, 1.82) is 0 Å². The Morgan fingerprint density at radius 1 is 1.27 bits per heavy atom. The number of carbonyl (C=O) groups is 1. The third-order valence-electron chi connectivity index (χ3n) is 5.41. The summed E-state index contributed by atoms with van der Waals surface area (Å²) >= 11 is 0. The number of aromatic nitrogens is 1. The number of aliphatic hydroxyl groups excluding tert-OH is 1. The second-order valence-electron chi connectivity index (χ2n) is 7.77. The molecule has 7 nitrogen and oxygen atoms in total. The summed E-state index contributed by atoms with van der Waals surface area (Å²) < 4.78 is 5.50. The first-order chi connectivity index (χ1) is 12.6. The van der Waals surface area contributed by atoms with Gasteiger partial charge in [-0.05, 0) is 25.7 Å². The zero-order valence-electron chi connectivity index (χ0n) is 15.8. The molecule has 1 aliphatic heterocycles. The largest absolute Gasteiger partial charge is 0.447 e. The van der Waals surface area contributed by atoms with Gasteiger partial charge in [0.25, 0.3) is 5.91 Å². The van der Waals surface area contributed by atoms with Crippen LogP contribution < -0.4 is 5.32 Å². The molecule has 1 aromatic rings. The van der Waals surface area contributed by atoms with Gasteiger partial charge in [0.05, 0.1) is 12.6 Å². The predicted molar refractivity (Wildman–Crippen MR) is 98.8 cm³/mol. The van der Waals surface area contributed by atoms with Gasteiger partial charge in [-0.1, -0.05) is 19.3 Å². The monoisotopic (exact) mass is 364 g/mol. The molecule has 3 rings (SSSR count). The molecule has 1 saturated carbocycles. The lowest BCUT2D eigenvalue weighted by atomic mass is 9.89. The quantitative estimate of drug-likeness (QED) is 0.763.